The van der Waals surface area contributed by atoms with Crippen molar-refractivity contribution in [2.75, 3.05) is 36.1 Å². The molecule has 2 aromatic rings. The van der Waals surface area contributed by atoms with Crippen LogP contribution in [-0.2, 0) is 15.7 Å². The maximum atomic E-state index is 13.6. The molecule has 13 heteroatoms. The van der Waals surface area contributed by atoms with Gasteiger partial charge in [-0.05, 0) is 42.5 Å². The second kappa shape index (κ2) is 9.18. The first kappa shape index (κ1) is 24.5. The Morgan fingerprint density at radius 1 is 1.06 bits per heavy atom. The molecule has 7 nitrogen and oxygen atoms in total. The Morgan fingerprint density at radius 2 is 1.74 bits per heavy atom. The van der Waals surface area contributed by atoms with Crippen LogP contribution in [0.1, 0.15) is 11.1 Å². The summed E-state index contributed by atoms with van der Waals surface area (Å²) in [4.78, 5) is 13.7. The first-order valence-corrected chi connectivity index (χ1v) is 10.2. The second-order valence-electron chi connectivity index (χ2n) is 7.71. The van der Waals surface area contributed by atoms with Gasteiger partial charge in [0.25, 0.3) is 0 Å². The first-order valence-electron chi connectivity index (χ1n) is 10.2. The molecule has 2 aliphatic heterocycles. The quantitative estimate of drug-likeness (QED) is 0.553. The number of carbonyl (C=O) groups excluding carboxylic acids is 1. The summed E-state index contributed by atoms with van der Waals surface area (Å²) in [7, 11) is 0. The maximum Gasteiger partial charge on any atom is 0.433 e. The molecule has 2 unspecified atom stereocenters. The smallest absolute Gasteiger partial charge is 0.433 e. The number of anilines is 2. The zero-order valence-corrected chi connectivity index (χ0v) is 17.8. The molecule has 0 bridgehead atoms. The van der Waals surface area contributed by atoms with Crippen molar-refractivity contribution in [3.05, 3.63) is 53.6 Å². The molecular formula is C22H17F6N3O4. The summed E-state index contributed by atoms with van der Waals surface area (Å²) in [5.74, 6) is 0.296. The van der Waals surface area contributed by atoms with Crippen LogP contribution in [0.2, 0.25) is 0 Å². The van der Waals surface area contributed by atoms with Gasteiger partial charge in [0.2, 0.25) is 6.23 Å². The van der Waals surface area contributed by atoms with Crippen LogP contribution in [0.3, 0.4) is 0 Å². The highest BCUT2D eigenvalue weighted by Crippen LogP contribution is 2.39. The van der Waals surface area contributed by atoms with E-state index in [2.05, 4.69) is 0 Å². The number of rotatable bonds is 5. The zero-order chi connectivity index (χ0) is 25.4. The number of amides is 1. The predicted octanol–water partition coefficient (Wildman–Crippen LogP) is 4.71. The van der Waals surface area contributed by atoms with Crippen LogP contribution in [-0.4, -0.2) is 50.9 Å². The van der Waals surface area contributed by atoms with Crippen LogP contribution in [0, 0.1) is 11.3 Å². The molecule has 2 aromatic carbocycles. The molecule has 0 spiro atoms. The minimum Gasteiger partial charge on any atom is -0.491 e. The van der Waals surface area contributed by atoms with Crippen LogP contribution in [0.4, 0.5) is 42.5 Å². The van der Waals surface area contributed by atoms with Crippen molar-refractivity contribution in [3.8, 4) is 11.8 Å². The summed E-state index contributed by atoms with van der Waals surface area (Å²) < 4.78 is 96.2. The molecule has 0 saturated carbocycles. The van der Waals surface area contributed by atoms with Gasteiger partial charge in [0.05, 0.1) is 30.3 Å². The van der Waals surface area contributed by atoms with E-state index < -0.39 is 48.4 Å². The van der Waals surface area contributed by atoms with Gasteiger partial charge < -0.3 is 19.1 Å². The number of nitrogens with zero attached hydrogens (tertiary/aromatic N) is 3. The van der Waals surface area contributed by atoms with Gasteiger partial charge in [-0.1, -0.05) is 0 Å². The van der Waals surface area contributed by atoms with Gasteiger partial charge in [-0.3, -0.25) is 4.90 Å². The lowest BCUT2D eigenvalue weighted by molar-refractivity contribution is -0.215. The third-order valence-electron chi connectivity index (χ3n) is 5.39. The average Bonchev–Trinajstić information content (AvgIpc) is 3.43. The highest BCUT2D eigenvalue weighted by atomic mass is 19.4. The molecule has 0 radical (unpaired) electrons. The highest BCUT2D eigenvalue weighted by Gasteiger charge is 2.51. The molecule has 0 aliphatic carbocycles. The van der Waals surface area contributed by atoms with Gasteiger partial charge in [0.15, 0.2) is 0 Å². The van der Waals surface area contributed by atoms with E-state index in [1.54, 1.807) is 12.1 Å². The lowest BCUT2D eigenvalue weighted by Crippen LogP contribution is -2.42. The first-order chi connectivity index (χ1) is 16.5. The standard InChI is InChI=1S/C22H17F6N3O4/c23-21(24,25)18-9-15(2-1-13(18)10-29)31-11-17(35-19(31)22(26,27)28)12-34-16-5-3-14(4-6-16)30-7-8-33-20(30)32/h1-6,9,17,19H,7-8,11-12H2. The number of nitriles is 1. The minimum atomic E-state index is -4.92. The van der Waals surface area contributed by atoms with Crippen molar-refractivity contribution in [2.45, 2.75) is 24.7 Å². The van der Waals surface area contributed by atoms with E-state index in [-0.39, 0.29) is 18.9 Å². The molecule has 2 saturated heterocycles. The van der Waals surface area contributed by atoms with Crippen LogP contribution in [0.25, 0.3) is 0 Å². The normalized spacial score (nSPS) is 20.7. The number of ether oxygens (including phenoxy) is 3. The molecule has 1 amide bonds. The number of halogens is 6. The van der Waals surface area contributed by atoms with E-state index >= 15 is 0 Å². The average molecular weight is 501 g/mol. The number of alkyl halides is 6. The molecule has 2 heterocycles. The van der Waals surface area contributed by atoms with Crippen molar-refractivity contribution in [3.63, 3.8) is 0 Å². The number of carbonyl (C=O) groups is 1. The summed E-state index contributed by atoms with van der Waals surface area (Å²) in [5, 5.41) is 8.92. The van der Waals surface area contributed by atoms with Crippen LogP contribution >= 0.6 is 0 Å². The lowest BCUT2D eigenvalue weighted by Gasteiger charge is -2.27. The summed E-state index contributed by atoms with van der Waals surface area (Å²) in [6.45, 7) is -0.0621. The van der Waals surface area contributed by atoms with Gasteiger partial charge in [0, 0.05) is 11.4 Å². The molecule has 2 fully saturated rings. The fourth-order valence-electron chi connectivity index (χ4n) is 3.78. The molecule has 0 N–H and O–H groups in total. The van der Waals surface area contributed by atoms with Crippen molar-refractivity contribution < 1.29 is 45.3 Å². The summed E-state index contributed by atoms with van der Waals surface area (Å²) >= 11 is 0. The van der Waals surface area contributed by atoms with E-state index in [9.17, 15) is 31.1 Å². The van der Waals surface area contributed by atoms with E-state index in [0.717, 1.165) is 12.1 Å². The number of hydrogen-bond acceptors (Lipinski definition) is 6. The van der Waals surface area contributed by atoms with Crippen LogP contribution in [0.15, 0.2) is 42.5 Å². The van der Waals surface area contributed by atoms with Gasteiger partial charge in [-0.2, -0.15) is 31.6 Å². The highest BCUT2D eigenvalue weighted by molar-refractivity contribution is 5.89. The Hall–Kier alpha value is -3.66. The third kappa shape index (κ3) is 5.22. The third-order valence-corrected chi connectivity index (χ3v) is 5.39. The molecule has 2 aliphatic rings. The van der Waals surface area contributed by atoms with E-state index in [4.69, 9.17) is 19.5 Å². The van der Waals surface area contributed by atoms with Gasteiger partial charge in [-0.15, -0.1) is 0 Å². The van der Waals surface area contributed by atoms with Crippen molar-refractivity contribution >= 4 is 17.5 Å². The molecule has 0 aromatic heterocycles. The van der Waals surface area contributed by atoms with E-state index in [1.807, 2.05) is 0 Å². The fourth-order valence-corrected chi connectivity index (χ4v) is 3.78. The number of hydrogen-bond donors (Lipinski definition) is 0. The summed E-state index contributed by atoms with van der Waals surface area (Å²) in [6.07, 6.45) is -13.9. The Bertz CT molecular complexity index is 1130. The Morgan fingerprint density at radius 3 is 2.31 bits per heavy atom. The Kier molecular flexibility index (Phi) is 6.42. The zero-order valence-electron chi connectivity index (χ0n) is 17.8. The molecule has 35 heavy (non-hydrogen) atoms. The minimum absolute atomic E-state index is 0.261. The van der Waals surface area contributed by atoms with Gasteiger partial charge in [0.1, 0.15) is 25.1 Å². The topological polar surface area (TPSA) is 75.0 Å². The summed E-state index contributed by atoms with van der Waals surface area (Å²) in [5.41, 5.74) is -1.86. The number of benzene rings is 2. The van der Waals surface area contributed by atoms with Crippen molar-refractivity contribution in [1.82, 2.24) is 0 Å². The molecule has 186 valence electrons. The second-order valence-corrected chi connectivity index (χ2v) is 7.71. The summed E-state index contributed by atoms with van der Waals surface area (Å²) in [6, 6.07) is 9.94. The molecule has 2 atom stereocenters. The van der Waals surface area contributed by atoms with Crippen molar-refractivity contribution in [2.24, 2.45) is 0 Å². The predicted molar refractivity (Wildman–Crippen MR) is 109 cm³/mol. The van der Waals surface area contributed by atoms with E-state index in [1.165, 1.54) is 23.1 Å². The Labute approximate surface area is 195 Å². The van der Waals surface area contributed by atoms with Gasteiger partial charge >= 0.3 is 18.4 Å². The maximum absolute atomic E-state index is 13.6. The fraction of sp³-hybridized carbons (Fsp3) is 0.364. The lowest BCUT2D eigenvalue weighted by atomic mass is 10.1. The SMILES string of the molecule is N#Cc1ccc(N2CC(COc3ccc(N4CCOC4=O)cc3)OC2C(F)(F)F)cc1C(F)(F)F. The monoisotopic (exact) mass is 501 g/mol. The van der Waals surface area contributed by atoms with Crippen LogP contribution in [0.5, 0.6) is 5.75 Å². The number of cyclic esters (lactones) is 1. The van der Waals surface area contributed by atoms with Gasteiger partial charge in [-0.25, -0.2) is 4.79 Å². The molecular weight excluding hydrogens is 484 g/mol. The van der Waals surface area contributed by atoms with E-state index in [0.29, 0.717) is 28.9 Å². The van der Waals surface area contributed by atoms with Crippen LogP contribution < -0.4 is 14.5 Å². The van der Waals surface area contributed by atoms with Crippen molar-refractivity contribution in [1.29, 1.82) is 5.26 Å². The largest absolute Gasteiger partial charge is 0.491 e. The Balaban J connectivity index is 1.48. The molecule has 4 rings (SSSR count).